The first-order valence-electron chi connectivity index (χ1n) is 12.4. The van der Waals surface area contributed by atoms with E-state index in [1.807, 2.05) is 0 Å². The van der Waals surface area contributed by atoms with Crippen molar-refractivity contribution in [1.29, 1.82) is 0 Å². The average molecular weight is 676 g/mol. The van der Waals surface area contributed by atoms with Crippen LogP contribution in [0.5, 0.6) is 0 Å². The van der Waals surface area contributed by atoms with Crippen molar-refractivity contribution in [2.75, 3.05) is 0 Å². The average Bonchev–Trinajstić information content (AvgIpc) is 3.60. The molecule has 2 heterocycles. The summed E-state index contributed by atoms with van der Waals surface area (Å²) in [5, 5.41) is 12.0. The summed E-state index contributed by atoms with van der Waals surface area (Å²) in [7, 11) is 0. The number of carbonyl (C=O) groups excluding carboxylic acids is 1. The number of rotatable bonds is 8. The molecule has 2 aromatic heterocycles. The van der Waals surface area contributed by atoms with Crippen molar-refractivity contribution in [2.24, 2.45) is 5.92 Å². The summed E-state index contributed by atoms with van der Waals surface area (Å²) in [6.07, 6.45) is -7.83. The first-order valence-corrected chi connectivity index (χ1v) is 13.5. The molecule has 0 bridgehead atoms. The molecule has 0 radical (unpaired) electrons. The molecule has 4 rings (SSSR count). The van der Waals surface area contributed by atoms with Crippen molar-refractivity contribution in [3.8, 4) is 16.8 Å². The number of carboxylic acids is 1. The summed E-state index contributed by atoms with van der Waals surface area (Å²) in [6, 6.07) is 0.220. The fourth-order valence-electron chi connectivity index (χ4n) is 4.56. The van der Waals surface area contributed by atoms with Gasteiger partial charge in [0.2, 0.25) is 0 Å². The Labute approximate surface area is 254 Å². The number of nitrogens with zero attached hydrogens (tertiary/aromatic N) is 4. The molecule has 1 unspecified atom stereocenters. The number of aliphatic carboxylic acids is 1. The maximum absolute atomic E-state index is 14.6. The predicted octanol–water partition coefficient (Wildman–Crippen LogP) is 7.90. The molecule has 1 amide bonds. The van der Waals surface area contributed by atoms with E-state index in [0.29, 0.717) is 12.8 Å². The number of benzene rings is 1. The van der Waals surface area contributed by atoms with Gasteiger partial charge in [0.1, 0.15) is 16.9 Å². The second kappa shape index (κ2) is 11.4. The van der Waals surface area contributed by atoms with Crippen LogP contribution in [-0.4, -0.2) is 61.1 Å². The van der Waals surface area contributed by atoms with Gasteiger partial charge in [-0.25, -0.2) is 18.9 Å². The molecule has 3 aromatic rings. The summed E-state index contributed by atoms with van der Waals surface area (Å²) in [6.45, 7) is 3.32. The maximum Gasteiger partial charge on any atom is 0.435 e. The largest absolute Gasteiger partial charge is 0.480 e. The number of hydrogen-bond donors (Lipinski definition) is 1. The summed E-state index contributed by atoms with van der Waals surface area (Å²) >= 11 is 18.2. The Morgan fingerprint density at radius 1 is 0.953 bits per heavy atom. The van der Waals surface area contributed by atoms with Crippen LogP contribution in [0.25, 0.3) is 16.8 Å². The number of aromatic nitrogens is 3. The van der Waals surface area contributed by atoms with Crippen LogP contribution in [0.15, 0.2) is 36.8 Å². The molecule has 1 aliphatic carbocycles. The van der Waals surface area contributed by atoms with E-state index in [0.717, 1.165) is 4.68 Å². The predicted molar refractivity (Wildman–Crippen MR) is 142 cm³/mol. The lowest BCUT2D eigenvalue weighted by Crippen LogP contribution is -2.50. The molecule has 0 spiro atoms. The molecule has 1 atom stereocenters. The smallest absolute Gasteiger partial charge is 0.435 e. The molecular weight excluding hydrogens is 656 g/mol. The van der Waals surface area contributed by atoms with Crippen LogP contribution in [-0.2, 0) is 10.5 Å². The number of carboxylic acid groups (broad SMARTS) is 1. The third kappa shape index (κ3) is 6.01. The second-order valence-electron chi connectivity index (χ2n) is 10.1. The number of pyridine rings is 1. The monoisotopic (exact) mass is 674 g/mol. The van der Waals surface area contributed by atoms with Crippen LogP contribution >= 0.6 is 34.8 Å². The third-order valence-corrected chi connectivity index (χ3v) is 7.65. The Morgan fingerprint density at radius 2 is 1.51 bits per heavy atom. The van der Waals surface area contributed by atoms with Crippen molar-refractivity contribution < 1.29 is 45.4 Å². The number of amides is 1. The van der Waals surface area contributed by atoms with Crippen LogP contribution < -0.4 is 0 Å². The number of alkyl halides is 7. The Bertz CT molecular complexity index is 1530. The van der Waals surface area contributed by atoms with Crippen LogP contribution in [0.4, 0.5) is 30.7 Å². The van der Waals surface area contributed by atoms with Gasteiger partial charge < -0.3 is 10.0 Å². The van der Waals surface area contributed by atoms with Gasteiger partial charge in [-0.2, -0.15) is 31.4 Å². The SMILES string of the molecule is CC(C)C(C(=O)O)N(C(=O)c1cc(-c2cnn(-c3c(Cl)cc(C(F)(C(F)(F)F)C(F)(F)F)cc3Cl)c2)cnc1Cl)C1CC1. The summed E-state index contributed by atoms with van der Waals surface area (Å²) in [5.41, 5.74) is -7.61. The first-order chi connectivity index (χ1) is 19.8. The lowest BCUT2D eigenvalue weighted by Gasteiger charge is -2.32. The topological polar surface area (TPSA) is 88.3 Å². The highest BCUT2D eigenvalue weighted by Crippen LogP contribution is 2.54. The molecule has 1 fully saturated rings. The van der Waals surface area contributed by atoms with Gasteiger partial charge in [-0.15, -0.1) is 0 Å². The molecule has 1 saturated carbocycles. The van der Waals surface area contributed by atoms with Crippen LogP contribution in [0.1, 0.15) is 42.6 Å². The van der Waals surface area contributed by atoms with Crippen LogP contribution in [0, 0.1) is 5.92 Å². The Morgan fingerprint density at radius 3 is 1.98 bits per heavy atom. The molecule has 1 N–H and O–H groups in total. The lowest BCUT2D eigenvalue weighted by molar-refractivity contribution is -0.348. The van der Waals surface area contributed by atoms with E-state index in [1.165, 1.54) is 29.6 Å². The van der Waals surface area contributed by atoms with Crippen molar-refractivity contribution in [2.45, 2.75) is 56.8 Å². The van der Waals surface area contributed by atoms with E-state index in [9.17, 15) is 45.4 Å². The molecule has 0 aliphatic heterocycles. The molecular formula is C26H20Cl3F7N4O3. The minimum Gasteiger partial charge on any atom is -0.480 e. The Kier molecular flexibility index (Phi) is 8.72. The first kappa shape index (κ1) is 32.8. The highest BCUT2D eigenvalue weighted by Gasteiger charge is 2.73. The van der Waals surface area contributed by atoms with Gasteiger partial charge in [-0.05, 0) is 37.0 Å². The van der Waals surface area contributed by atoms with Crippen LogP contribution in [0.3, 0.4) is 0 Å². The minimum absolute atomic E-state index is 0.107. The van der Waals surface area contributed by atoms with Crippen molar-refractivity contribution in [3.63, 3.8) is 0 Å². The molecule has 1 aromatic carbocycles. The standard InChI is InChI=1S/C26H20Cl3F7N4O3/c1-11(2)19(23(42)43)40(15-3-4-15)22(41)16-5-12(8-37-21(16)29)13-9-38-39(10-13)20-17(27)6-14(7-18(20)28)24(30,25(31,32)33)26(34,35)36/h5-11,15,19H,3-4H2,1-2H3,(H,42,43). The molecule has 17 heteroatoms. The Balaban J connectivity index is 1.72. The van der Waals surface area contributed by atoms with Gasteiger partial charge in [0.25, 0.3) is 5.91 Å². The molecule has 0 saturated heterocycles. The Hall–Kier alpha value is -3.10. The minimum atomic E-state index is -6.37. The maximum atomic E-state index is 14.6. The van der Waals surface area contributed by atoms with E-state index < -0.39 is 57.5 Å². The second-order valence-corrected chi connectivity index (χ2v) is 11.3. The fourth-order valence-corrected chi connectivity index (χ4v) is 5.40. The van der Waals surface area contributed by atoms with Gasteiger partial charge in [0.05, 0.1) is 21.8 Å². The highest BCUT2D eigenvalue weighted by molar-refractivity contribution is 6.38. The molecule has 43 heavy (non-hydrogen) atoms. The van der Waals surface area contributed by atoms with E-state index in [4.69, 9.17) is 34.8 Å². The summed E-state index contributed by atoms with van der Waals surface area (Å²) in [5.74, 6) is -2.28. The summed E-state index contributed by atoms with van der Waals surface area (Å²) < 4.78 is 94.9. The van der Waals surface area contributed by atoms with Crippen molar-refractivity contribution in [3.05, 3.63) is 63.1 Å². The zero-order chi connectivity index (χ0) is 32.2. The molecule has 232 valence electrons. The zero-order valence-electron chi connectivity index (χ0n) is 21.9. The highest BCUT2D eigenvalue weighted by atomic mass is 35.5. The van der Waals surface area contributed by atoms with Gasteiger partial charge >= 0.3 is 24.0 Å². The normalized spacial score (nSPS) is 15.1. The lowest BCUT2D eigenvalue weighted by atomic mass is 9.94. The van der Waals surface area contributed by atoms with Crippen LogP contribution in [0.2, 0.25) is 15.2 Å². The number of hydrogen-bond acceptors (Lipinski definition) is 4. The van der Waals surface area contributed by atoms with Crippen molar-refractivity contribution in [1.82, 2.24) is 19.7 Å². The quantitative estimate of drug-likeness (QED) is 0.194. The van der Waals surface area contributed by atoms with E-state index >= 15 is 0 Å². The third-order valence-electron chi connectivity index (χ3n) is 6.77. The van der Waals surface area contributed by atoms with E-state index in [2.05, 4.69) is 10.1 Å². The number of halogens is 10. The summed E-state index contributed by atoms with van der Waals surface area (Å²) in [4.78, 5) is 30.8. The van der Waals surface area contributed by atoms with Gasteiger partial charge in [0.15, 0.2) is 0 Å². The van der Waals surface area contributed by atoms with E-state index in [-0.39, 0.29) is 45.7 Å². The number of carbonyl (C=O) groups is 2. The van der Waals surface area contributed by atoms with E-state index in [1.54, 1.807) is 13.8 Å². The van der Waals surface area contributed by atoms with Gasteiger partial charge in [0, 0.05) is 35.1 Å². The fraction of sp³-hybridized carbons (Fsp3) is 0.385. The van der Waals surface area contributed by atoms with Crippen molar-refractivity contribution >= 4 is 46.7 Å². The molecule has 7 nitrogen and oxygen atoms in total. The molecule has 1 aliphatic rings. The van der Waals surface area contributed by atoms with Gasteiger partial charge in [-0.3, -0.25) is 4.79 Å². The zero-order valence-corrected chi connectivity index (χ0v) is 24.2. The van der Waals surface area contributed by atoms with Gasteiger partial charge in [-0.1, -0.05) is 48.7 Å².